The topological polar surface area (TPSA) is 79.4 Å². The largest absolute Gasteiger partial charge is 0.496 e. The van der Waals surface area contributed by atoms with Crippen molar-refractivity contribution in [2.75, 3.05) is 59.5 Å². The maximum Gasteiger partial charge on any atom is 0.409 e. The lowest BCUT2D eigenvalue weighted by molar-refractivity contribution is 0.0830. The molecular formula is C31H43N3O5S. The van der Waals surface area contributed by atoms with E-state index in [0.717, 1.165) is 88.1 Å². The monoisotopic (exact) mass is 569 g/mol. The number of sulfonamides is 1. The second kappa shape index (κ2) is 12.9. The fraction of sp³-hybridized carbons (Fsp3) is 0.581. The highest BCUT2D eigenvalue weighted by atomic mass is 32.2. The maximum absolute atomic E-state index is 12.9. The van der Waals surface area contributed by atoms with E-state index in [1.807, 2.05) is 30.0 Å². The number of carbonyl (C=O) groups excluding carboxylic acids is 1. The van der Waals surface area contributed by atoms with Crippen molar-refractivity contribution in [3.8, 4) is 16.9 Å². The van der Waals surface area contributed by atoms with Gasteiger partial charge in [-0.05, 0) is 111 Å². The Hall–Kier alpha value is -2.62. The maximum atomic E-state index is 12.9. The number of amides is 1. The standard InChI is InChI=1S/C31H43N3O5S/c1-3-39-31(35)33-20-12-24(13-21-33)23-32-18-14-26(15-19-32)29-22-27(8-11-30(29)38-2)25-6-9-28(10-7-25)40(36,37)34-16-4-5-17-34/h6-11,22,24,26H,3-5,12-21,23H2,1-2H3. The van der Waals surface area contributed by atoms with Gasteiger partial charge in [-0.3, -0.25) is 0 Å². The van der Waals surface area contributed by atoms with Crippen LogP contribution >= 0.6 is 0 Å². The third-order valence-electron chi connectivity index (χ3n) is 8.80. The van der Waals surface area contributed by atoms with Gasteiger partial charge in [0.1, 0.15) is 5.75 Å². The summed E-state index contributed by atoms with van der Waals surface area (Å²) in [5, 5.41) is 0. The fourth-order valence-corrected chi connectivity index (χ4v) is 7.95. The molecule has 2 aromatic rings. The van der Waals surface area contributed by atoms with Gasteiger partial charge in [-0.15, -0.1) is 0 Å². The number of nitrogens with zero attached hydrogens (tertiary/aromatic N) is 3. The summed E-state index contributed by atoms with van der Waals surface area (Å²) in [7, 11) is -1.68. The summed E-state index contributed by atoms with van der Waals surface area (Å²) >= 11 is 0. The van der Waals surface area contributed by atoms with Crippen molar-refractivity contribution in [2.45, 2.75) is 56.3 Å². The second-order valence-electron chi connectivity index (χ2n) is 11.3. The first-order chi connectivity index (χ1) is 19.4. The first-order valence-electron chi connectivity index (χ1n) is 14.8. The van der Waals surface area contributed by atoms with Gasteiger partial charge in [-0.2, -0.15) is 4.31 Å². The predicted octanol–water partition coefficient (Wildman–Crippen LogP) is 5.19. The van der Waals surface area contributed by atoms with Gasteiger partial charge in [-0.1, -0.05) is 18.2 Å². The molecule has 40 heavy (non-hydrogen) atoms. The number of hydrogen-bond donors (Lipinski definition) is 0. The third-order valence-corrected chi connectivity index (χ3v) is 10.7. The molecule has 1 amide bonds. The van der Waals surface area contributed by atoms with E-state index in [-0.39, 0.29) is 6.09 Å². The van der Waals surface area contributed by atoms with Gasteiger partial charge in [0.05, 0.1) is 18.6 Å². The summed E-state index contributed by atoms with van der Waals surface area (Å²) < 4.78 is 38.4. The van der Waals surface area contributed by atoms with Crippen LogP contribution in [0.1, 0.15) is 56.9 Å². The normalized spacial score (nSPS) is 20.1. The smallest absolute Gasteiger partial charge is 0.409 e. The van der Waals surface area contributed by atoms with Crippen molar-refractivity contribution in [2.24, 2.45) is 5.92 Å². The first kappa shape index (κ1) is 28.9. The summed E-state index contributed by atoms with van der Waals surface area (Å²) in [5.74, 6) is 1.96. The van der Waals surface area contributed by atoms with E-state index in [0.29, 0.717) is 36.4 Å². The molecular weight excluding hydrogens is 526 g/mol. The Labute approximate surface area is 239 Å². The predicted molar refractivity (Wildman–Crippen MR) is 156 cm³/mol. The van der Waals surface area contributed by atoms with E-state index in [9.17, 15) is 13.2 Å². The molecule has 3 heterocycles. The minimum Gasteiger partial charge on any atom is -0.496 e. The Bertz CT molecular complexity index is 1240. The number of rotatable bonds is 8. The Balaban J connectivity index is 1.19. The SMILES string of the molecule is CCOC(=O)N1CCC(CN2CCC(c3cc(-c4ccc(S(=O)(=O)N5CCCC5)cc4)ccc3OC)CC2)CC1. The highest BCUT2D eigenvalue weighted by molar-refractivity contribution is 7.89. The molecule has 9 heteroatoms. The van der Waals surface area contributed by atoms with Gasteiger partial charge in [0, 0.05) is 32.7 Å². The average Bonchev–Trinajstić information content (AvgIpc) is 3.54. The lowest BCUT2D eigenvalue weighted by Gasteiger charge is -2.37. The van der Waals surface area contributed by atoms with Crippen molar-refractivity contribution in [1.82, 2.24) is 14.1 Å². The van der Waals surface area contributed by atoms with Crippen LogP contribution in [0.15, 0.2) is 47.4 Å². The minimum absolute atomic E-state index is 0.180. The zero-order chi connectivity index (χ0) is 28.1. The van der Waals surface area contributed by atoms with Gasteiger partial charge < -0.3 is 19.3 Å². The molecule has 3 aliphatic heterocycles. The number of ether oxygens (including phenoxy) is 2. The first-order valence-corrected chi connectivity index (χ1v) is 16.3. The molecule has 8 nitrogen and oxygen atoms in total. The van der Waals surface area contributed by atoms with Crippen molar-refractivity contribution >= 4 is 16.1 Å². The van der Waals surface area contributed by atoms with Gasteiger partial charge in [0.15, 0.2) is 0 Å². The summed E-state index contributed by atoms with van der Waals surface area (Å²) in [4.78, 5) is 16.8. The number of piperidine rings is 2. The fourth-order valence-electron chi connectivity index (χ4n) is 6.43. The van der Waals surface area contributed by atoms with Gasteiger partial charge in [0.2, 0.25) is 10.0 Å². The number of benzene rings is 2. The number of methoxy groups -OCH3 is 1. The molecule has 0 aliphatic carbocycles. The molecule has 3 fully saturated rings. The highest BCUT2D eigenvalue weighted by Gasteiger charge is 2.29. The molecule has 0 saturated carbocycles. The van der Waals surface area contributed by atoms with E-state index in [4.69, 9.17) is 9.47 Å². The molecule has 2 aromatic carbocycles. The van der Waals surface area contributed by atoms with E-state index in [1.54, 1.807) is 23.5 Å². The highest BCUT2D eigenvalue weighted by Crippen LogP contribution is 2.38. The van der Waals surface area contributed by atoms with Crippen molar-refractivity contribution in [3.63, 3.8) is 0 Å². The van der Waals surface area contributed by atoms with E-state index >= 15 is 0 Å². The molecule has 3 saturated heterocycles. The van der Waals surface area contributed by atoms with Crippen LogP contribution in [-0.2, 0) is 14.8 Å². The Morgan fingerprint density at radius 3 is 2.15 bits per heavy atom. The number of hydrogen-bond acceptors (Lipinski definition) is 6. The van der Waals surface area contributed by atoms with Crippen LogP contribution < -0.4 is 4.74 Å². The molecule has 0 bridgehead atoms. The summed E-state index contributed by atoms with van der Waals surface area (Å²) in [6.07, 6.45) is 5.91. The average molecular weight is 570 g/mol. The van der Waals surface area contributed by atoms with Crippen LogP contribution in [0, 0.1) is 5.92 Å². The van der Waals surface area contributed by atoms with Crippen LogP contribution in [-0.4, -0.2) is 88.1 Å². The van der Waals surface area contributed by atoms with Crippen molar-refractivity contribution in [3.05, 3.63) is 48.0 Å². The molecule has 5 rings (SSSR count). The summed E-state index contributed by atoms with van der Waals surface area (Å²) in [5.41, 5.74) is 3.32. The summed E-state index contributed by atoms with van der Waals surface area (Å²) in [6.45, 7) is 8.27. The summed E-state index contributed by atoms with van der Waals surface area (Å²) in [6, 6.07) is 13.7. The molecule has 0 unspecified atom stereocenters. The van der Waals surface area contributed by atoms with Crippen molar-refractivity contribution in [1.29, 1.82) is 0 Å². The third kappa shape index (κ3) is 6.47. The van der Waals surface area contributed by atoms with Crippen molar-refractivity contribution < 1.29 is 22.7 Å². The Morgan fingerprint density at radius 2 is 1.52 bits per heavy atom. The molecule has 0 atom stereocenters. The molecule has 0 radical (unpaired) electrons. The van der Waals surface area contributed by atoms with E-state index in [2.05, 4.69) is 17.0 Å². The van der Waals surface area contributed by atoms with E-state index < -0.39 is 10.0 Å². The molecule has 0 spiro atoms. The van der Waals surface area contributed by atoms with Gasteiger partial charge in [-0.25, -0.2) is 13.2 Å². The zero-order valence-corrected chi connectivity index (χ0v) is 24.7. The molecule has 0 N–H and O–H groups in total. The van der Waals surface area contributed by atoms with Crippen LogP contribution in [0.3, 0.4) is 0 Å². The number of likely N-dealkylation sites (tertiary alicyclic amines) is 2. The van der Waals surface area contributed by atoms with Crippen LogP contribution in [0.5, 0.6) is 5.75 Å². The molecule has 218 valence electrons. The second-order valence-corrected chi connectivity index (χ2v) is 13.2. The Morgan fingerprint density at radius 1 is 0.875 bits per heavy atom. The lowest BCUT2D eigenvalue weighted by Crippen LogP contribution is -2.43. The Kier molecular flexibility index (Phi) is 9.33. The van der Waals surface area contributed by atoms with Gasteiger partial charge >= 0.3 is 6.09 Å². The van der Waals surface area contributed by atoms with Crippen LogP contribution in [0.25, 0.3) is 11.1 Å². The zero-order valence-electron chi connectivity index (χ0n) is 23.9. The van der Waals surface area contributed by atoms with Crippen LogP contribution in [0.2, 0.25) is 0 Å². The van der Waals surface area contributed by atoms with E-state index in [1.165, 1.54) is 5.56 Å². The molecule has 3 aliphatic rings. The quantitative estimate of drug-likeness (QED) is 0.435. The molecule has 0 aromatic heterocycles. The lowest BCUT2D eigenvalue weighted by atomic mass is 9.86. The van der Waals surface area contributed by atoms with Gasteiger partial charge in [0.25, 0.3) is 0 Å². The minimum atomic E-state index is -3.41. The van der Waals surface area contributed by atoms with Crippen LogP contribution in [0.4, 0.5) is 4.79 Å². The number of carbonyl (C=O) groups is 1.